The van der Waals surface area contributed by atoms with Crippen molar-refractivity contribution in [3.63, 3.8) is 0 Å². The van der Waals surface area contributed by atoms with E-state index in [1.807, 2.05) is 0 Å². The van der Waals surface area contributed by atoms with Gasteiger partial charge in [0, 0.05) is 5.33 Å². The highest BCUT2D eigenvalue weighted by atomic mass is 79.9. The maximum atomic E-state index is 3.45. The van der Waals surface area contributed by atoms with E-state index in [0.29, 0.717) is 0 Å². The van der Waals surface area contributed by atoms with E-state index in [1.54, 1.807) is 5.57 Å². The quantitative estimate of drug-likeness (QED) is 0.264. The van der Waals surface area contributed by atoms with Gasteiger partial charge in [-0.1, -0.05) is 64.2 Å². The first kappa shape index (κ1) is 20.7. The van der Waals surface area contributed by atoms with Gasteiger partial charge >= 0.3 is 0 Å². The highest BCUT2D eigenvalue weighted by Crippen LogP contribution is 2.18. The first-order chi connectivity index (χ1) is 9.95. The summed E-state index contributed by atoms with van der Waals surface area (Å²) in [7, 11) is 0. The average molecular weight is 355 g/mol. The molecule has 0 spiro atoms. The monoisotopic (exact) mass is 354 g/mol. The van der Waals surface area contributed by atoms with Crippen LogP contribution in [0, 0.1) is 5.92 Å². The van der Waals surface area contributed by atoms with E-state index in [9.17, 15) is 0 Å². The van der Waals surface area contributed by atoms with Crippen LogP contribution in [0.2, 0.25) is 0 Å². The molecule has 0 saturated heterocycles. The van der Waals surface area contributed by atoms with Gasteiger partial charge in [-0.15, -0.1) is 0 Å². The SMILES string of the molecule is CC(C)=CCC[C@H](C)CCC/C(C)=C/CC/C(C)=C/CBr. The fraction of sp³-hybridized carbons (Fsp3) is 0.700. The van der Waals surface area contributed by atoms with Gasteiger partial charge in [0.05, 0.1) is 0 Å². The third-order valence-corrected chi connectivity index (χ3v) is 4.26. The Labute approximate surface area is 141 Å². The van der Waals surface area contributed by atoms with Crippen molar-refractivity contribution in [1.82, 2.24) is 0 Å². The molecule has 0 aromatic carbocycles. The lowest BCUT2D eigenvalue weighted by atomic mass is 9.96. The number of allylic oxidation sites excluding steroid dienone is 6. The average Bonchev–Trinajstić information content (AvgIpc) is 2.38. The highest BCUT2D eigenvalue weighted by molar-refractivity contribution is 9.09. The molecule has 0 heterocycles. The first-order valence-corrected chi connectivity index (χ1v) is 9.58. The Morgan fingerprint density at radius 3 is 2.14 bits per heavy atom. The molecule has 0 N–H and O–H groups in total. The van der Waals surface area contributed by atoms with Crippen LogP contribution in [0.1, 0.15) is 79.6 Å². The summed E-state index contributed by atoms with van der Waals surface area (Å²) in [4.78, 5) is 0. The summed E-state index contributed by atoms with van der Waals surface area (Å²) >= 11 is 3.45. The van der Waals surface area contributed by atoms with Crippen molar-refractivity contribution in [2.24, 2.45) is 5.92 Å². The number of halogens is 1. The lowest BCUT2D eigenvalue weighted by Crippen LogP contribution is -1.94. The van der Waals surface area contributed by atoms with Crippen molar-refractivity contribution in [2.45, 2.75) is 79.6 Å². The summed E-state index contributed by atoms with van der Waals surface area (Å²) in [5.74, 6) is 0.859. The van der Waals surface area contributed by atoms with Gasteiger partial charge in [0.15, 0.2) is 0 Å². The van der Waals surface area contributed by atoms with E-state index in [4.69, 9.17) is 0 Å². The van der Waals surface area contributed by atoms with Crippen LogP contribution < -0.4 is 0 Å². The third kappa shape index (κ3) is 14.4. The molecule has 0 aliphatic rings. The lowest BCUT2D eigenvalue weighted by Gasteiger charge is -2.10. The van der Waals surface area contributed by atoms with Crippen molar-refractivity contribution in [2.75, 3.05) is 5.33 Å². The standard InChI is InChI=1S/C20H35Br/c1-17(2)9-6-10-18(3)11-7-12-19(4)13-8-14-20(5)15-16-21/h9,13,15,18H,6-8,10-12,14,16H2,1-5H3/b19-13+,20-15+/t18-/m0/s1. The van der Waals surface area contributed by atoms with Crippen molar-refractivity contribution in [3.8, 4) is 0 Å². The molecule has 0 fully saturated rings. The molecule has 1 heteroatoms. The van der Waals surface area contributed by atoms with Gasteiger partial charge in [0.25, 0.3) is 0 Å². The predicted octanol–water partition coefficient (Wildman–Crippen LogP) is 7.61. The smallest absolute Gasteiger partial charge is 0.0214 e. The van der Waals surface area contributed by atoms with Gasteiger partial charge < -0.3 is 0 Å². The van der Waals surface area contributed by atoms with Gasteiger partial charge in [0.2, 0.25) is 0 Å². The molecular weight excluding hydrogens is 320 g/mol. The third-order valence-electron chi connectivity index (χ3n) is 3.94. The summed E-state index contributed by atoms with van der Waals surface area (Å²) in [5, 5.41) is 0.978. The molecule has 21 heavy (non-hydrogen) atoms. The van der Waals surface area contributed by atoms with Crippen molar-refractivity contribution in [1.29, 1.82) is 0 Å². The molecular formula is C20H35Br. The highest BCUT2D eigenvalue weighted by Gasteiger charge is 2.01. The Hall–Kier alpha value is -0.300. The molecule has 0 unspecified atom stereocenters. The Morgan fingerprint density at radius 2 is 1.52 bits per heavy atom. The summed E-state index contributed by atoms with van der Waals surface area (Å²) in [6.07, 6.45) is 16.0. The predicted molar refractivity (Wildman–Crippen MR) is 102 cm³/mol. The van der Waals surface area contributed by atoms with Crippen LogP contribution in [0.15, 0.2) is 34.9 Å². The van der Waals surface area contributed by atoms with Crippen LogP contribution in [0.25, 0.3) is 0 Å². The van der Waals surface area contributed by atoms with E-state index >= 15 is 0 Å². The Bertz CT molecular complexity index is 343. The Kier molecular flexibility index (Phi) is 13.2. The zero-order chi connectivity index (χ0) is 16.1. The number of rotatable bonds is 11. The normalized spacial score (nSPS) is 14.2. The van der Waals surface area contributed by atoms with Gasteiger partial charge in [-0.05, 0) is 72.1 Å². The van der Waals surface area contributed by atoms with Crippen LogP contribution in [-0.2, 0) is 0 Å². The second kappa shape index (κ2) is 13.4. The van der Waals surface area contributed by atoms with Crippen LogP contribution in [0.3, 0.4) is 0 Å². The molecule has 1 atom stereocenters. The molecule has 0 saturated carbocycles. The van der Waals surface area contributed by atoms with Gasteiger partial charge in [-0.25, -0.2) is 0 Å². The molecule has 0 nitrogen and oxygen atoms in total. The van der Waals surface area contributed by atoms with Gasteiger partial charge in [0.1, 0.15) is 0 Å². The maximum Gasteiger partial charge on any atom is 0.0214 e. The zero-order valence-electron chi connectivity index (χ0n) is 14.8. The molecule has 0 aliphatic carbocycles. The van der Waals surface area contributed by atoms with E-state index in [2.05, 4.69) is 68.8 Å². The maximum absolute atomic E-state index is 3.45. The summed E-state index contributed by atoms with van der Waals surface area (Å²) in [6.45, 7) is 11.3. The van der Waals surface area contributed by atoms with Gasteiger partial charge in [-0.2, -0.15) is 0 Å². The summed E-state index contributed by atoms with van der Waals surface area (Å²) in [5.41, 5.74) is 4.51. The van der Waals surface area contributed by atoms with E-state index in [-0.39, 0.29) is 0 Å². The van der Waals surface area contributed by atoms with Crippen molar-refractivity contribution in [3.05, 3.63) is 34.9 Å². The largest absolute Gasteiger partial charge is 0.0883 e. The molecule has 122 valence electrons. The zero-order valence-corrected chi connectivity index (χ0v) is 16.4. The molecule has 0 aromatic heterocycles. The minimum absolute atomic E-state index is 0.859. The van der Waals surface area contributed by atoms with Crippen molar-refractivity contribution < 1.29 is 0 Å². The van der Waals surface area contributed by atoms with E-state index < -0.39 is 0 Å². The minimum Gasteiger partial charge on any atom is -0.0883 e. The number of hydrogen-bond acceptors (Lipinski definition) is 0. The first-order valence-electron chi connectivity index (χ1n) is 8.46. The van der Waals surface area contributed by atoms with Crippen LogP contribution in [-0.4, -0.2) is 5.33 Å². The van der Waals surface area contributed by atoms with E-state index in [1.165, 1.54) is 56.1 Å². The Balaban J connectivity index is 3.75. The van der Waals surface area contributed by atoms with Crippen molar-refractivity contribution >= 4 is 15.9 Å². The molecule has 0 amide bonds. The Morgan fingerprint density at radius 1 is 0.857 bits per heavy atom. The summed E-state index contributed by atoms with van der Waals surface area (Å²) < 4.78 is 0. The number of alkyl halides is 1. The van der Waals surface area contributed by atoms with Gasteiger partial charge in [-0.3, -0.25) is 0 Å². The summed E-state index contributed by atoms with van der Waals surface area (Å²) in [6, 6.07) is 0. The van der Waals surface area contributed by atoms with E-state index in [0.717, 1.165) is 11.2 Å². The minimum atomic E-state index is 0.859. The molecule has 0 rings (SSSR count). The molecule has 0 aliphatic heterocycles. The topological polar surface area (TPSA) is 0 Å². The molecule has 0 aromatic rings. The second-order valence-electron chi connectivity index (χ2n) is 6.65. The fourth-order valence-corrected chi connectivity index (χ4v) is 2.96. The molecule has 0 bridgehead atoms. The van der Waals surface area contributed by atoms with Crippen LogP contribution >= 0.6 is 15.9 Å². The fourth-order valence-electron chi connectivity index (χ4n) is 2.41. The lowest BCUT2D eigenvalue weighted by molar-refractivity contribution is 0.478. The second-order valence-corrected chi connectivity index (χ2v) is 7.30. The van der Waals surface area contributed by atoms with Crippen LogP contribution in [0.4, 0.5) is 0 Å². The number of hydrogen-bond donors (Lipinski definition) is 0. The molecule has 0 radical (unpaired) electrons. The van der Waals surface area contributed by atoms with Crippen LogP contribution in [0.5, 0.6) is 0 Å².